The van der Waals surface area contributed by atoms with Crippen molar-refractivity contribution in [3.05, 3.63) is 42.5 Å². The summed E-state index contributed by atoms with van der Waals surface area (Å²) < 4.78 is 40.2. The molecule has 1 saturated heterocycles. The van der Waals surface area contributed by atoms with Gasteiger partial charge in [0.15, 0.2) is 5.82 Å². The number of hydrogen-bond donors (Lipinski definition) is 1. The zero-order chi connectivity index (χ0) is 25.8. The first-order valence-electron chi connectivity index (χ1n) is 11.7. The standard InChI is InChI=1S/C23H26F2N10O2/c1-33(2)7-12-37-23-26-13-15(14-27-23)28-20-30-21(34-8-10-36-11-9-34)32-22(31-20)35-17-6-4-3-5-16(17)29-19(35)18(24)25/h3-6,13-14,18H,7-12H2,1-2H3,(H,28,30,31,32). The molecular weight excluding hydrogens is 486 g/mol. The first-order valence-corrected chi connectivity index (χ1v) is 11.7. The predicted molar refractivity (Wildman–Crippen MR) is 132 cm³/mol. The quantitative estimate of drug-likeness (QED) is 0.356. The lowest BCUT2D eigenvalue weighted by Gasteiger charge is -2.27. The molecule has 0 bridgehead atoms. The molecule has 0 aliphatic carbocycles. The van der Waals surface area contributed by atoms with Gasteiger partial charge < -0.3 is 24.6 Å². The summed E-state index contributed by atoms with van der Waals surface area (Å²) in [7, 11) is 3.89. The minimum Gasteiger partial charge on any atom is -0.462 e. The second kappa shape index (κ2) is 10.9. The van der Waals surface area contributed by atoms with E-state index in [1.165, 1.54) is 17.0 Å². The molecule has 1 N–H and O–H groups in total. The van der Waals surface area contributed by atoms with Crippen molar-refractivity contribution < 1.29 is 18.3 Å². The van der Waals surface area contributed by atoms with Crippen LogP contribution in [0.5, 0.6) is 6.01 Å². The Kier molecular flexibility index (Phi) is 7.28. The third-order valence-electron chi connectivity index (χ3n) is 5.54. The number of anilines is 3. The smallest absolute Gasteiger partial charge is 0.316 e. The Bertz CT molecular complexity index is 1340. The number of hydrogen-bond acceptors (Lipinski definition) is 11. The first kappa shape index (κ1) is 24.6. The van der Waals surface area contributed by atoms with Gasteiger partial charge in [0.05, 0.1) is 42.3 Å². The summed E-state index contributed by atoms with van der Waals surface area (Å²) in [4.78, 5) is 30.0. The molecule has 37 heavy (non-hydrogen) atoms. The van der Waals surface area contributed by atoms with Crippen LogP contribution in [0.25, 0.3) is 17.0 Å². The molecule has 4 aromatic rings. The summed E-state index contributed by atoms with van der Waals surface area (Å²) in [6.45, 7) is 3.29. The molecular formula is C23H26F2N10O2. The molecule has 0 saturated carbocycles. The number of morpholine rings is 1. The van der Waals surface area contributed by atoms with Crippen molar-refractivity contribution in [3.8, 4) is 12.0 Å². The lowest BCUT2D eigenvalue weighted by atomic mass is 10.3. The summed E-state index contributed by atoms with van der Waals surface area (Å²) in [6.07, 6.45) is 0.237. The third-order valence-corrected chi connectivity index (χ3v) is 5.54. The molecule has 4 heterocycles. The Labute approximate surface area is 211 Å². The zero-order valence-corrected chi connectivity index (χ0v) is 20.4. The average molecular weight is 513 g/mol. The fourth-order valence-corrected chi connectivity index (χ4v) is 3.72. The van der Waals surface area contributed by atoms with Gasteiger partial charge in [0.2, 0.25) is 17.8 Å². The van der Waals surface area contributed by atoms with E-state index in [9.17, 15) is 8.78 Å². The number of imidazole rings is 1. The fourth-order valence-electron chi connectivity index (χ4n) is 3.72. The van der Waals surface area contributed by atoms with Gasteiger partial charge in [0.1, 0.15) is 6.61 Å². The van der Waals surface area contributed by atoms with Gasteiger partial charge in [-0.25, -0.2) is 23.7 Å². The van der Waals surface area contributed by atoms with Crippen molar-refractivity contribution in [1.82, 2.24) is 39.4 Å². The molecule has 0 amide bonds. The highest BCUT2D eigenvalue weighted by molar-refractivity contribution is 5.77. The normalized spacial score (nSPS) is 14.1. The van der Waals surface area contributed by atoms with Gasteiger partial charge in [-0.05, 0) is 26.2 Å². The largest absolute Gasteiger partial charge is 0.462 e. The number of nitrogens with zero attached hydrogens (tertiary/aromatic N) is 9. The number of alkyl halides is 2. The van der Waals surface area contributed by atoms with Crippen LogP contribution in [0.4, 0.5) is 26.4 Å². The van der Waals surface area contributed by atoms with Gasteiger partial charge in [-0.2, -0.15) is 15.0 Å². The van der Waals surface area contributed by atoms with Crippen LogP contribution in [0.15, 0.2) is 36.7 Å². The van der Waals surface area contributed by atoms with Crippen molar-refractivity contribution in [2.75, 3.05) is 63.8 Å². The molecule has 3 aromatic heterocycles. The summed E-state index contributed by atoms with van der Waals surface area (Å²) in [5, 5.41) is 3.05. The SMILES string of the molecule is CN(C)CCOc1ncc(Nc2nc(N3CCOCC3)nc(-n3c(C(F)F)nc4ccccc43)n2)cn1. The van der Waals surface area contributed by atoms with Crippen molar-refractivity contribution in [1.29, 1.82) is 0 Å². The number of aromatic nitrogens is 7. The van der Waals surface area contributed by atoms with E-state index in [-0.39, 0.29) is 17.9 Å². The highest BCUT2D eigenvalue weighted by atomic mass is 19.3. The number of benzene rings is 1. The van der Waals surface area contributed by atoms with Crippen molar-refractivity contribution >= 4 is 28.6 Å². The number of halogens is 2. The molecule has 0 radical (unpaired) electrons. The van der Waals surface area contributed by atoms with Crippen LogP contribution >= 0.6 is 0 Å². The van der Waals surface area contributed by atoms with Crippen LogP contribution in [0.2, 0.25) is 0 Å². The maximum absolute atomic E-state index is 14.0. The van der Waals surface area contributed by atoms with E-state index in [0.717, 1.165) is 6.54 Å². The summed E-state index contributed by atoms with van der Waals surface area (Å²) in [5.74, 6) is 0.0501. The van der Waals surface area contributed by atoms with Gasteiger partial charge in [-0.3, -0.25) is 4.57 Å². The lowest BCUT2D eigenvalue weighted by molar-refractivity contribution is 0.122. The summed E-state index contributed by atoms with van der Waals surface area (Å²) >= 11 is 0. The monoisotopic (exact) mass is 512 g/mol. The Morgan fingerprint density at radius 2 is 1.76 bits per heavy atom. The molecule has 5 rings (SSSR count). The van der Waals surface area contributed by atoms with Crippen LogP contribution in [-0.4, -0.2) is 92.9 Å². The Hall–Kier alpha value is -4.04. The molecule has 1 fully saturated rings. The number of nitrogens with one attached hydrogen (secondary N) is 1. The van der Waals surface area contributed by atoms with Gasteiger partial charge in [-0.15, -0.1) is 0 Å². The van der Waals surface area contributed by atoms with E-state index in [1.54, 1.807) is 24.3 Å². The number of ether oxygens (including phenoxy) is 2. The second-order valence-corrected chi connectivity index (χ2v) is 8.48. The van der Waals surface area contributed by atoms with Gasteiger partial charge in [-0.1, -0.05) is 12.1 Å². The minimum absolute atomic E-state index is 0.0209. The van der Waals surface area contributed by atoms with Gasteiger partial charge >= 0.3 is 6.01 Å². The molecule has 0 atom stereocenters. The maximum Gasteiger partial charge on any atom is 0.316 e. The van der Waals surface area contributed by atoms with E-state index >= 15 is 0 Å². The van der Waals surface area contributed by atoms with Crippen LogP contribution in [-0.2, 0) is 4.74 Å². The van der Waals surface area contributed by atoms with Crippen LogP contribution in [0, 0.1) is 0 Å². The molecule has 14 heteroatoms. The molecule has 1 aromatic carbocycles. The molecule has 1 aliphatic heterocycles. The average Bonchev–Trinajstić information content (AvgIpc) is 3.30. The van der Waals surface area contributed by atoms with E-state index in [2.05, 4.69) is 35.2 Å². The highest BCUT2D eigenvalue weighted by Gasteiger charge is 2.24. The second-order valence-electron chi connectivity index (χ2n) is 8.48. The lowest BCUT2D eigenvalue weighted by Crippen LogP contribution is -2.37. The van der Waals surface area contributed by atoms with Crippen molar-refractivity contribution in [2.45, 2.75) is 6.43 Å². The number of fused-ring (bicyclic) bond motifs is 1. The Balaban J connectivity index is 1.50. The Morgan fingerprint density at radius 1 is 1.03 bits per heavy atom. The molecule has 1 aliphatic rings. The van der Waals surface area contributed by atoms with Crippen LogP contribution in [0.1, 0.15) is 12.2 Å². The highest BCUT2D eigenvalue weighted by Crippen LogP contribution is 2.28. The molecule has 0 unspecified atom stereocenters. The third kappa shape index (κ3) is 5.70. The molecule has 0 spiro atoms. The predicted octanol–water partition coefficient (Wildman–Crippen LogP) is 2.46. The van der Waals surface area contributed by atoms with E-state index in [1.807, 2.05) is 23.9 Å². The van der Waals surface area contributed by atoms with Crippen molar-refractivity contribution in [3.63, 3.8) is 0 Å². The fraction of sp³-hybridized carbons (Fsp3) is 0.391. The van der Waals surface area contributed by atoms with Gasteiger partial charge in [0.25, 0.3) is 6.43 Å². The van der Waals surface area contributed by atoms with Gasteiger partial charge in [0, 0.05) is 19.6 Å². The summed E-state index contributed by atoms with van der Waals surface area (Å²) in [6, 6.07) is 7.09. The molecule has 194 valence electrons. The topological polar surface area (TPSA) is 119 Å². The van der Waals surface area contributed by atoms with Crippen LogP contribution < -0.4 is 15.0 Å². The van der Waals surface area contributed by atoms with E-state index < -0.39 is 12.2 Å². The van der Waals surface area contributed by atoms with E-state index in [4.69, 9.17) is 9.47 Å². The summed E-state index contributed by atoms with van der Waals surface area (Å²) in [5.41, 5.74) is 1.37. The number of rotatable bonds is 9. The van der Waals surface area contributed by atoms with Crippen molar-refractivity contribution in [2.24, 2.45) is 0 Å². The van der Waals surface area contributed by atoms with E-state index in [0.29, 0.717) is 55.6 Å². The first-order chi connectivity index (χ1) is 18.0. The maximum atomic E-state index is 14.0. The van der Waals surface area contributed by atoms with Crippen LogP contribution in [0.3, 0.4) is 0 Å². The number of para-hydroxylation sites is 2. The number of likely N-dealkylation sites (N-methyl/N-ethyl adjacent to an activating group) is 1. The minimum atomic E-state index is -2.83. The Morgan fingerprint density at radius 3 is 2.49 bits per heavy atom. The zero-order valence-electron chi connectivity index (χ0n) is 20.4. The molecule has 12 nitrogen and oxygen atoms in total.